The van der Waals surface area contributed by atoms with Crippen LogP contribution in [0.4, 0.5) is 5.69 Å². The minimum absolute atomic E-state index is 0.0635. The van der Waals surface area contributed by atoms with E-state index in [1.54, 1.807) is 61.6 Å². The van der Waals surface area contributed by atoms with Gasteiger partial charge in [-0.2, -0.15) is 0 Å². The monoisotopic (exact) mass is 440 g/mol. The molecule has 0 heterocycles. The first kappa shape index (κ1) is 22.5. The number of rotatable bonds is 8. The normalized spacial score (nSPS) is 12.2. The Labute approximate surface area is 181 Å². The van der Waals surface area contributed by atoms with Crippen LogP contribution < -0.4 is 4.72 Å². The van der Waals surface area contributed by atoms with Gasteiger partial charge in [-0.1, -0.05) is 42.5 Å². The Morgan fingerprint density at radius 3 is 2.16 bits per heavy atom. The molecule has 0 fully saturated rings. The van der Waals surface area contributed by atoms with Crippen LogP contribution >= 0.6 is 0 Å². The zero-order chi connectivity index (χ0) is 22.4. The molecule has 1 unspecified atom stereocenters. The molecule has 1 amide bonds. The van der Waals surface area contributed by atoms with E-state index in [1.807, 2.05) is 0 Å². The summed E-state index contributed by atoms with van der Waals surface area (Å²) in [6.07, 6.45) is -0.931. The number of para-hydroxylation sites is 1. The van der Waals surface area contributed by atoms with Crippen LogP contribution in [0.25, 0.3) is 0 Å². The van der Waals surface area contributed by atoms with Gasteiger partial charge in [0.25, 0.3) is 15.9 Å². The van der Waals surface area contributed by atoms with E-state index in [9.17, 15) is 18.3 Å². The van der Waals surface area contributed by atoms with Gasteiger partial charge in [0.2, 0.25) is 0 Å². The molecular weight excluding hydrogens is 416 g/mol. The molecular formula is C23H24N2O5S. The molecule has 0 spiro atoms. The van der Waals surface area contributed by atoms with Crippen LogP contribution in [-0.4, -0.2) is 43.1 Å². The Kier molecular flexibility index (Phi) is 7.06. The van der Waals surface area contributed by atoms with Crippen molar-refractivity contribution in [1.29, 1.82) is 0 Å². The fraction of sp³-hybridized carbons (Fsp3) is 0.174. The van der Waals surface area contributed by atoms with E-state index in [-0.39, 0.29) is 17.4 Å². The Morgan fingerprint density at radius 2 is 1.58 bits per heavy atom. The summed E-state index contributed by atoms with van der Waals surface area (Å²) in [5.41, 5.74) is 2.28. The lowest BCUT2D eigenvalue weighted by Crippen LogP contribution is -2.26. The third-order valence-corrected chi connectivity index (χ3v) is 6.14. The molecule has 0 aliphatic carbocycles. The fourth-order valence-corrected chi connectivity index (χ4v) is 4.07. The van der Waals surface area contributed by atoms with Crippen molar-refractivity contribution >= 4 is 21.6 Å². The number of hydrogen-bond acceptors (Lipinski definition) is 5. The van der Waals surface area contributed by atoms with Gasteiger partial charge in [-0.3, -0.25) is 9.52 Å². The SMILES string of the molecule is CN(Cc1ccc(C(O)CO)cc1)C(=O)c1ccc(S(=O)(=O)Nc2ccccc2)cc1. The molecule has 0 aliphatic heterocycles. The predicted octanol–water partition coefficient (Wildman–Crippen LogP) is 2.79. The predicted molar refractivity (Wildman–Crippen MR) is 118 cm³/mol. The Morgan fingerprint density at radius 1 is 0.968 bits per heavy atom. The minimum Gasteiger partial charge on any atom is -0.393 e. The molecule has 3 aromatic carbocycles. The average molecular weight is 441 g/mol. The molecule has 0 saturated carbocycles. The molecule has 7 nitrogen and oxygen atoms in total. The number of aliphatic hydroxyl groups excluding tert-OH is 2. The highest BCUT2D eigenvalue weighted by molar-refractivity contribution is 7.92. The summed E-state index contributed by atoms with van der Waals surface area (Å²) in [7, 11) is -2.10. The van der Waals surface area contributed by atoms with E-state index >= 15 is 0 Å². The summed E-state index contributed by atoms with van der Waals surface area (Å²) in [6.45, 7) is -0.0196. The highest BCUT2D eigenvalue weighted by Gasteiger charge is 2.17. The number of carbonyl (C=O) groups excluding carboxylic acids is 1. The van der Waals surface area contributed by atoms with Crippen LogP contribution in [0.3, 0.4) is 0 Å². The average Bonchev–Trinajstić information content (AvgIpc) is 2.79. The number of nitrogens with one attached hydrogen (secondary N) is 1. The largest absolute Gasteiger partial charge is 0.393 e. The lowest BCUT2D eigenvalue weighted by molar-refractivity contribution is 0.0784. The van der Waals surface area contributed by atoms with Gasteiger partial charge in [0, 0.05) is 24.8 Å². The Balaban J connectivity index is 1.66. The Bertz CT molecular complexity index is 1110. The quantitative estimate of drug-likeness (QED) is 0.499. The van der Waals surface area contributed by atoms with Crippen LogP contribution in [0.15, 0.2) is 83.8 Å². The summed E-state index contributed by atoms with van der Waals surface area (Å²) in [6, 6.07) is 21.3. The number of amides is 1. The summed E-state index contributed by atoms with van der Waals surface area (Å²) >= 11 is 0. The first-order chi connectivity index (χ1) is 14.8. The number of sulfonamides is 1. The van der Waals surface area contributed by atoms with E-state index in [1.165, 1.54) is 29.2 Å². The van der Waals surface area contributed by atoms with Crippen LogP contribution in [0.1, 0.15) is 27.6 Å². The van der Waals surface area contributed by atoms with E-state index in [0.717, 1.165) is 5.56 Å². The smallest absolute Gasteiger partial charge is 0.261 e. The van der Waals surface area contributed by atoms with Crippen molar-refractivity contribution in [2.24, 2.45) is 0 Å². The number of nitrogens with zero attached hydrogens (tertiary/aromatic N) is 1. The topological polar surface area (TPSA) is 107 Å². The molecule has 3 aromatic rings. The lowest BCUT2D eigenvalue weighted by Gasteiger charge is -2.18. The Hall–Kier alpha value is -3.20. The maximum Gasteiger partial charge on any atom is 0.261 e. The van der Waals surface area contributed by atoms with Crippen molar-refractivity contribution in [3.05, 3.63) is 95.6 Å². The fourth-order valence-electron chi connectivity index (χ4n) is 3.01. The molecule has 0 radical (unpaired) electrons. The third kappa shape index (κ3) is 5.69. The van der Waals surface area contributed by atoms with Crippen molar-refractivity contribution in [2.45, 2.75) is 17.5 Å². The van der Waals surface area contributed by atoms with Crippen LogP contribution in [-0.2, 0) is 16.6 Å². The summed E-state index contributed by atoms with van der Waals surface area (Å²) in [4.78, 5) is 14.3. The molecule has 31 heavy (non-hydrogen) atoms. The van der Waals surface area contributed by atoms with Crippen molar-refractivity contribution in [2.75, 3.05) is 18.4 Å². The van der Waals surface area contributed by atoms with E-state index in [2.05, 4.69) is 4.72 Å². The van der Waals surface area contributed by atoms with E-state index in [0.29, 0.717) is 23.4 Å². The number of benzene rings is 3. The number of aliphatic hydroxyl groups is 2. The maximum atomic E-state index is 12.7. The molecule has 0 aromatic heterocycles. The van der Waals surface area contributed by atoms with Gasteiger partial charge in [0.1, 0.15) is 6.10 Å². The van der Waals surface area contributed by atoms with E-state index < -0.39 is 16.1 Å². The molecule has 0 bridgehead atoms. The highest BCUT2D eigenvalue weighted by Crippen LogP contribution is 2.18. The van der Waals surface area contributed by atoms with Crippen LogP contribution in [0, 0.1) is 0 Å². The molecule has 0 aliphatic rings. The van der Waals surface area contributed by atoms with Crippen molar-refractivity contribution in [3.63, 3.8) is 0 Å². The number of carbonyl (C=O) groups is 1. The summed E-state index contributed by atoms with van der Waals surface area (Å²) in [5.74, 6) is -0.251. The number of hydrogen-bond donors (Lipinski definition) is 3. The molecule has 0 saturated heterocycles. The van der Waals surface area contributed by atoms with Gasteiger partial charge in [-0.05, 0) is 47.5 Å². The zero-order valence-electron chi connectivity index (χ0n) is 17.0. The molecule has 8 heteroatoms. The third-order valence-electron chi connectivity index (χ3n) is 4.74. The van der Waals surface area contributed by atoms with Gasteiger partial charge >= 0.3 is 0 Å². The van der Waals surface area contributed by atoms with Crippen LogP contribution in [0.5, 0.6) is 0 Å². The van der Waals surface area contributed by atoms with Crippen molar-refractivity contribution in [3.8, 4) is 0 Å². The molecule has 3 N–H and O–H groups in total. The first-order valence-electron chi connectivity index (χ1n) is 9.61. The molecule has 3 rings (SSSR count). The van der Waals surface area contributed by atoms with Gasteiger partial charge in [0.15, 0.2) is 0 Å². The van der Waals surface area contributed by atoms with Gasteiger partial charge in [-0.25, -0.2) is 8.42 Å². The van der Waals surface area contributed by atoms with Crippen molar-refractivity contribution in [1.82, 2.24) is 4.90 Å². The molecule has 162 valence electrons. The molecule has 1 atom stereocenters. The van der Waals surface area contributed by atoms with Crippen molar-refractivity contribution < 1.29 is 23.4 Å². The second-order valence-electron chi connectivity index (χ2n) is 7.10. The summed E-state index contributed by atoms with van der Waals surface area (Å²) in [5, 5.41) is 18.6. The van der Waals surface area contributed by atoms with E-state index in [4.69, 9.17) is 5.11 Å². The van der Waals surface area contributed by atoms with Crippen LogP contribution in [0.2, 0.25) is 0 Å². The second kappa shape index (κ2) is 9.74. The van der Waals surface area contributed by atoms with Gasteiger partial charge in [0.05, 0.1) is 11.5 Å². The maximum absolute atomic E-state index is 12.7. The second-order valence-corrected chi connectivity index (χ2v) is 8.78. The lowest BCUT2D eigenvalue weighted by atomic mass is 10.1. The highest BCUT2D eigenvalue weighted by atomic mass is 32.2. The minimum atomic E-state index is -3.75. The standard InChI is InChI=1S/C23H24N2O5S/c1-25(15-17-7-9-18(10-8-17)22(27)16-26)23(28)19-11-13-21(14-12-19)31(29,30)24-20-5-3-2-4-6-20/h2-14,22,24,26-27H,15-16H2,1H3. The summed E-state index contributed by atoms with van der Waals surface area (Å²) < 4.78 is 27.5. The number of anilines is 1. The zero-order valence-corrected chi connectivity index (χ0v) is 17.8. The van der Waals surface area contributed by atoms with Gasteiger partial charge in [-0.15, -0.1) is 0 Å². The van der Waals surface area contributed by atoms with Gasteiger partial charge < -0.3 is 15.1 Å². The first-order valence-corrected chi connectivity index (χ1v) is 11.1.